The molecule has 0 saturated carbocycles. The Bertz CT molecular complexity index is 136. The molecule has 0 spiro atoms. The van der Waals surface area contributed by atoms with Crippen LogP contribution in [0.15, 0.2) is 12.7 Å². The molecular weight excluding hydrogens is 168 g/mol. The second-order valence-electron chi connectivity index (χ2n) is 2.65. The van der Waals surface area contributed by atoms with Gasteiger partial charge in [0.2, 0.25) is 5.91 Å². The van der Waals surface area contributed by atoms with E-state index in [1.807, 2.05) is 14.1 Å². The number of hydrogen-bond acceptors (Lipinski definition) is 4. The number of carbonyl (C=O) groups excluding carboxylic acids is 1. The molecule has 0 saturated heterocycles. The van der Waals surface area contributed by atoms with Crippen LogP contribution in [0.2, 0.25) is 0 Å². The van der Waals surface area contributed by atoms with E-state index in [2.05, 4.69) is 28.5 Å². The Hall–Kier alpha value is -0.910. The third kappa shape index (κ3) is 14.0. The first kappa shape index (κ1) is 14.6. The van der Waals surface area contributed by atoms with E-state index in [1.54, 1.807) is 0 Å². The molecule has 0 radical (unpaired) electrons. The van der Waals surface area contributed by atoms with Crippen LogP contribution in [-0.2, 0) is 4.79 Å². The van der Waals surface area contributed by atoms with E-state index in [9.17, 15) is 4.79 Å². The van der Waals surface area contributed by atoms with Gasteiger partial charge in [-0.3, -0.25) is 16.5 Å². The average Bonchev–Trinajstić information content (AvgIpc) is 2.15. The number of carbonyl (C=O) groups is 1. The van der Waals surface area contributed by atoms with E-state index in [-0.39, 0.29) is 5.91 Å². The molecule has 0 aromatic heterocycles. The molecule has 0 aliphatic carbocycles. The highest BCUT2D eigenvalue weighted by molar-refractivity contribution is 5.86. The highest BCUT2D eigenvalue weighted by Crippen LogP contribution is 1.80. The molecule has 1 amide bonds. The second kappa shape index (κ2) is 11.1. The molecule has 0 aromatic carbocycles. The Balaban J connectivity index is 0. The van der Waals surface area contributed by atoms with Crippen molar-refractivity contribution < 1.29 is 4.79 Å². The van der Waals surface area contributed by atoms with Gasteiger partial charge in [-0.05, 0) is 33.1 Å². The Kier molecular flexibility index (Phi) is 12.5. The van der Waals surface area contributed by atoms with Crippen molar-refractivity contribution in [3.8, 4) is 0 Å². The molecule has 13 heavy (non-hydrogen) atoms. The van der Waals surface area contributed by atoms with Gasteiger partial charge in [0.1, 0.15) is 0 Å². The van der Waals surface area contributed by atoms with Gasteiger partial charge in [-0.2, -0.15) is 0 Å². The van der Waals surface area contributed by atoms with Crippen LogP contribution in [0.1, 0.15) is 6.42 Å². The average molecular weight is 188 g/mol. The summed E-state index contributed by atoms with van der Waals surface area (Å²) in [5, 5.41) is 2.70. The molecule has 5 nitrogen and oxygen atoms in total. The van der Waals surface area contributed by atoms with Gasteiger partial charge < -0.3 is 10.2 Å². The van der Waals surface area contributed by atoms with Crippen molar-refractivity contribution in [1.82, 2.24) is 10.2 Å². The van der Waals surface area contributed by atoms with Crippen LogP contribution in [0.25, 0.3) is 0 Å². The van der Waals surface area contributed by atoms with Crippen molar-refractivity contribution in [1.29, 1.82) is 0 Å². The summed E-state index contributed by atoms with van der Waals surface area (Å²) in [6, 6.07) is 0. The molecule has 0 rings (SSSR count). The van der Waals surface area contributed by atoms with Crippen molar-refractivity contribution in [2.45, 2.75) is 6.42 Å². The lowest BCUT2D eigenvalue weighted by molar-refractivity contribution is -0.116. The standard InChI is InChI=1S/C8H16N2O.H4N2/c1-4-8(11)9-6-5-7-10(2)3;1-2/h4H,1,5-7H2,2-3H3,(H,9,11);1-2H2. The van der Waals surface area contributed by atoms with Crippen LogP contribution in [0, 0.1) is 0 Å². The lowest BCUT2D eigenvalue weighted by Gasteiger charge is -2.08. The van der Waals surface area contributed by atoms with Gasteiger partial charge >= 0.3 is 0 Å². The van der Waals surface area contributed by atoms with Gasteiger partial charge in [0.05, 0.1) is 0 Å². The van der Waals surface area contributed by atoms with E-state index in [0.29, 0.717) is 0 Å². The number of nitrogens with one attached hydrogen (secondary N) is 1. The fraction of sp³-hybridized carbons (Fsp3) is 0.625. The Morgan fingerprint density at radius 2 is 2.08 bits per heavy atom. The van der Waals surface area contributed by atoms with Crippen LogP contribution in [-0.4, -0.2) is 38.0 Å². The number of amides is 1. The van der Waals surface area contributed by atoms with Crippen LogP contribution in [0.3, 0.4) is 0 Å². The molecule has 0 unspecified atom stereocenters. The van der Waals surface area contributed by atoms with Crippen molar-refractivity contribution in [3.05, 3.63) is 12.7 Å². The molecule has 78 valence electrons. The monoisotopic (exact) mass is 188 g/mol. The summed E-state index contributed by atoms with van der Waals surface area (Å²) >= 11 is 0. The highest BCUT2D eigenvalue weighted by atomic mass is 16.1. The summed E-state index contributed by atoms with van der Waals surface area (Å²) in [6.07, 6.45) is 2.27. The summed E-state index contributed by atoms with van der Waals surface area (Å²) in [7, 11) is 4.02. The van der Waals surface area contributed by atoms with Gasteiger partial charge in [0.15, 0.2) is 0 Å². The molecule has 5 heteroatoms. The summed E-state index contributed by atoms with van der Waals surface area (Å²) in [6.45, 7) is 5.07. The second-order valence-corrected chi connectivity index (χ2v) is 2.65. The lowest BCUT2D eigenvalue weighted by atomic mass is 10.4. The molecule has 0 heterocycles. The van der Waals surface area contributed by atoms with E-state index < -0.39 is 0 Å². The first-order valence-corrected chi connectivity index (χ1v) is 4.05. The maximum atomic E-state index is 10.6. The highest BCUT2D eigenvalue weighted by Gasteiger charge is 1.92. The van der Waals surface area contributed by atoms with Crippen LogP contribution < -0.4 is 17.0 Å². The van der Waals surface area contributed by atoms with E-state index in [0.717, 1.165) is 19.5 Å². The lowest BCUT2D eigenvalue weighted by Crippen LogP contribution is -2.25. The minimum Gasteiger partial charge on any atom is -0.353 e. The van der Waals surface area contributed by atoms with Gasteiger partial charge in [0, 0.05) is 6.54 Å². The third-order valence-corrected chi connectivity index (χ3v) is 1.27. The van der Waals surface area contributed by atoms with Crippen molar-refractivity contribution >= 4 is 5.91 Å². The zero-order valence-electron chi connectivity index (χ0n) is 8.42. The summed E-state index contributed by atoms with van der Waals surface area (Å²) in [4.78, 5) is 12.7. The van der Waals surface area contributed by atoms with Crippen LogP contribution >= 0.6 is 0 Å². The zero-order chi connectivity index (χ0) is 10.7. The first-order chi connectivity index (χ1) is 6.16. The maximum Gasteiger partial charge on any atom is 0.243 e. The fourth-order valence-electron chi connectivity index (χ4n) is 0.679. The predicted molar refractivity (Wildman–Crippen MR) is 54.8 cm³/mol. The van der Waals surface area contributed by atoms with Gasteiger partial charge in [0.25, 0.3) is 0 Å². The molecular formula is C8H20N4O. The Labute approximate surface area is 79.7 Å². The van der Waals surface area contributed by atoms with E-state index in [1.165, 1.54) is 6.08 Å². The quantitative estimate of drug-likeness (QED) is 0.225. The van der Waals surface area contributed by atoms with Gasteiger partial charge in [-0.1, -0.05) is 6.58 Å². The van der Waals surface area contributed by atoms with Gasteiger partial charge in [-0.15, -0.1) is 0 Å². The summed E-state index contributed by atoms with van der Waals surface area (Å²) < 4.78 is 0. The number of nitrogens with two attached hydrogens (primary N) is 2. The Morgan fingerprint density at radius 1 is 1.54 bits per heavy atom. The third-order valence-electron chi connectivity index (χ3n) is 1.27. The van der Waals surface area contributed by atoms with Gasteiger partial charge in [-0.25, -0.2) is 0 Å². The van der Waals surface area contributed by atoms with E-state index in [4.69, 9.17) is 0 Å². The topological polar surface area (TPSA) is 84.4 Å². The summed E-state index contributed by atoms with van der Waals surface area (Å²) in [5.74, 6) is 7.91. The molecule has 0 aromatic rings. The molecule has 0 atom stereocenters. The number of rotatable bonds is 5. The van der Waals surface area contributed by atoms with Crippen LogP contribution in [0.5, 0.6) is 0 Å². The SMILES string of the molecule is C=CC(=O)NCCCN(C)C.NN. The number of hydrazine groups is 1. The smallest absolute Gasteiger partial charge is 0.243 e. The van der Waals surface area contributed by atoms with Crippen LogP contribution in [0.4, 0.5) is 0 Å². The molecule has 0 fully saturated rings. The van der Waals surface area contributed by atoms with Crippen molar-refractivity contribution in [2.24, 2.45) is 11.7 Å². The minimum absolute atomic E-state index is 0.0937. The minimum atomic E-state index is -0.0937. The molecule has 0 aliphatic rings. The van der Waals surface area contributed by atoms with Crippen molar-refractivity contribution in [3.63, 3.8) is 0 Å². The Morgan fingerprint density at radius 3 is 2.46 bits per heavy atom. The van der Waals surface area contributed by atoms with Crippen molar-refractivity contribution in [2.75, 3.05) is 27.2 Å². The van der Waals surface area contributed by atoms with E-state index >= 15 is 0 Å². The largest absolute Gasteiger partial charge is 0.353 e. The molecule has 0 aliphatic heterocycles. The number of hydrogen-bond donors (Lipinski definition) is 3. The zero-order valence-corrected chi connectivity index (χ0v) is 8.42. The maximum absolute atomic E-state index is 10.6. The molecule has 5 N–H and O–H groups in total. The summed E-state index contributed by atoms with van der Waals surface area (Å²) in [5.41, 5.74) is 0. The predicted octanol–water partition coefficient (Wildman–Crippen LogP) is -0.941. The number of nitrogens with zero attached hydrogens (tertiary/aromatic N) is 1. The fourth-order valence-corrected chi connectivity index (χ4v) is 0.679. The molecule has 0 bridgehead atoms. The first-order valence-electron chi connectivity index (χ1n) is 4.05. The normalized spacial score (nSPS) is 8.69.